The Balaban J connectivity index is 3.12. The first-order valence-corrected chi connectivity index (χ1v) is 7.11. The molecule has 0 aromatic carbocycles. The van der Waals surface area contributed by atoms with Gasteiger partial charge in [-0.1, -0.05) is 0 Å². The quantitative estimate of drug-likeness (QED) is 0.435. The van der Waals surface area contributed by atoms with Crippen molar-refractivity contribution in [3.05, 3.63) is 0 Å². The number of likely N-dealkylation sites (tertiary alicyclic amines) is 1. The Hall–Kier alpha value is -1.48. The molecule has 0 aromatic heterocycles. The highest BCUT2D eigenvalue weighted by Crippen LogP contribution is 2.31. The number of aliphatic carboxylic acids is 1. The predicted molar refractivity (Wildman–Crippen MR) is 70.2 cm³/mol. The minimum atomic E-state index is -2.54. The van der Waals surface area contributed by atoms with Crippen molar-refractivity contribution in [1.29, 1.82) is 0 Å². The number of carbonyl (C=O) groups excluding carboxylic acids is 2. The summed E-state index contributed by atoms with van der Waals surface area (Å²) in [5, 5.41) is 11.7. The average molecular weight is 306 g/mol. The van der Waals surface area contributed by atoms with E-state index in [1.807, 2.05) is 0 Å². The highest BCUT2D eigenvalue weighted by atomic mass is 32.2. The van der Waals surface area contributed by atoms with Crippen molar-refractivity contribution >= 4 is 28.9 Å². The molecule has 1 aliphatic heterocycles. The normalized spacial score (nSPS) is 24.3. The molecule has 0 aromatic rings. The molecule has 8 nitrogen and oxygen atoms in total. The van der Waals surface area contributed by atoms with Crippen LogP contribution in [-0.2, 0) is 25.5 Å². The van der Waals surface area contributed by atoms with Crippen LogP contribution in [0.5, 0.6) is 0 Å². The number of carbonyl (C=O) groups is 3. The Morgan fingerprint density at radius 2 is 2.15 bits per heavy atom. The first-order chi connectivity index (χ1) is 9.11. The van der Waals surface area contributed by atoms with Crippen LogP contribution in [0, 0.1) is 0 Å². The molecule has 0 bridgehead atoms. The molecular formula is C11H18N2O6S. The van der Waals surface area contributed by atoms with Crippen LogP contribution in [0.2, 0.25) is 0 Å². The van der Waals surface area contributed by atoms with Crippen LogP contribution in [0.15, 0.2) is 0 Å². The fourth-order valence-electron chi connectivity index (χ4n) is 2.22. The van der Waals surface area contributed by atoms with E-state index in [2.05, 4.69) is 5.32 Å². The molecule has 114 valence electrons. The summed E-state index contributed by atoms with van der Waals surface area (Å²) in [5.74, 6) is -2.21. The third-order valence-corrected chi connectivity index (χ3v) is 4.58. The number of hydrogen-bond donors (Lipinski definition) is 3. The summed E-state index contributed by atoms with van der Waals surface area (Å²) >= 11 is -2.54. The highest BCUT2D eigenvalue weighted by Gasteiger charge is 2.53. The molecular weight excluding hydrogens is 288 g/mol. The van der Waals surface area contributed by atoms with Crippen LogP contribution < -0.4 is 5.32 Å². The molecule has 0 aliphatic carbocycles. The SMILES string of the molecule is CC(=O)NC[C@@](C)([C@H](C(=O)O)N1C(=O)C[C@H]1C)S(=O)O. The van der Waals surface area contributed by atoms with Gasteiger partial charge in [0, 0.05) is 25.9 Å². The van der Waals surface area contributed by atoms with Gasteiger partial charge in [0.2, 0.25) is 11.8 Å². The number of rotatable bonds is 6. The van der Waals surface area contributed by atoms with Crippen LogP contribution >= 0.6 is 0 Å². The molecule has 0 saturated carbocycles. The highest BCUT2D eigenvalue weighted by molar-refractivity contribution is 7.80. The second-order valence-electron chi connectivity index (χ2n) is 5.07. The minimum Gasteiger partial charge on any atom is -0.480 e. The summed E-state index contributed by atoms with van der Waals surface area (Å²) in [6, 6.07) is -1.79. The molecule has 1 unspecified atom stereocenters. The zero-order valence-corrected chi connectivity index (χ0v) is 12.3. The zero-order chi connectivity index (χ0) is 15.7. The second kappa shape index (κ2) is 5.88. The van der Waals surface area contributed by atoms with Crippen molar-refractivity contribution in [3.63, 3.8) is 0 Å². The van der Waals surface area contributed by atoms with Crippen LogP contribution in [-0.4, -0.2) is 59.9 Å². The topological polar surface area (TPSA) is 124 Å². The van der Waals surface area contributed by atoms with E-state index in [1.165, 1.54) is 13.8 Å². The van der Waals surface area contributed by atoms with E-state index in [4.69, 9.17) is 0 Å². The lowest BCUT2D eigenvalue weighted by molar-refractivity contribution is -0.162. The lowest BCUT2D eigenvalue weighted by Crippen LogP contribution is -2.69. The third kappa shape index (κ3) is 2.98. The van der Waals surface area contributed by atoms with E-state index < -0.39 is 33.7 Å². The molecule has 2 amide bonds. The number of carboxylic acid groups (broad SMARTS) is 1. The number of amides is 2. The Kier molecular flexibility index (Phi) is 4.87. The number of nitrogens with one attached hydrogen (secondary N) is 1. The maximum atomic E-state index is 11.6. The lowest BCUT2D eigenvalue weighted by Gasteiger charge is -2.47. The summed E-state index contributed by atoms with van der Waals surface area (Å²) < 4.78 is 19.4. The van der Waals surface area contributed by atoms with E-state index in [9.17, 15) is 28.3 Å². The molecule has 0 spiro atoms. The van der Waals surface area contributed by atoms with Gasteiger partial charge in [0.05, 0.1) is 0 Å². The van der Waals surface area contributed by atoms with Gasteiger partial charge in [0.1, 0.15) is 4.75 Å². The first-order valence-electron chi connectivity index (χ1n) is 6.00. The summed E-state index contributed by atoms with van der Waals surface area (Å²) in [5.41, 5.74) is 0. The number of hydrogen-bond acceptors (Lipinski definition) is 4. The van der Waals surface area contributed by atoms with Crippen molar-refractivity contribution in [1.82, 2.24) is 10.2 Å². The third-order valence-electron chi connectivity index (χ3n) is 3.41. The fourth-order valence-corrected chi connectivity index (χ4v) is 2.82. The minimum absolute atomic E-state index is 0.206. The molecule has 0 radical (unpaired) electrons. The molecule has 9 heteroatoms. The van der Waals surface area contributed by atoms with E-state index in [-0.39, 0.29) is 24.9 Å². The predicted octanol–water partition coefficient (Wildman–Crippen LogP) is -0.823. The molecule has 1 fully saturated rings. The largest absolute Gasteiger partial charge is 0.480 e. The average Bonchev–Trinajstić information content (AvgIpc) is 2.32. The van der Waals surface area contributed by atoms with Crippen molar-refractivity contribution in [2.24, 2.45) is 0 Å². The molecule has 20 heavy (non-hydrogen) atoms. The molecule has 1 heterocycles. The van der Waals surface area contributed by atoms with Gasteiger partial charge < -0.3 is 19.9 Å². The van der Waals surface area contributed by atoms with Crippen molar-refractivity contribution < 1.29 is 28.3 Å². The van der Waals surface area contributed by atoms with Gasteiger partial charge in [0.15, 0.2) is 17.1 Å². The Bertz CT molecular complexity index is 468. The van der Waals surface area contributed by atoms with Crippen molar-refractivity contribution in [3.8, 4) is 0 Å². The van der Waals surface area contributed by atoms with Gasteiger partial charge in [-0.15, -0.1) is 0 Å². The molecule has 1 rings (SSSR count). The maximum absolute atomic E-state index is 11.6. The van der Waals surface area contributed by atoms with E-state index in [1.54, 1.807) is 6.92 Å². The monoisotopic (exact) mass is 306 g/mol. The Labute approximate surface area is 118 Å². The molecule has 4 atom stereocenters. The maximum Gasteiger partial charge on any atom is 0.328 e. The standard InChI is InChI=1S/C11H18N2O6S/c1-6-4-8(15)13(6)9(10(16)17)11(3,20(18)19)5-12-7(2)14/h6,9H,4-5H2,1-3H3,(H,12,14)(H,16,17)(H,18,19)/t6-,9+,11+/m1/s1. The van der Waals surface area contributed by atoms with Crippen molar-refractivity contribution in [2.75, 3.05) is 6.54 Å². The van der Waals surface area contributed by atoms with Gasteiger partial charge in [-0.25, -0.2) is 9.00 Å². The van der Waals surface area contributed by atoms with Crippen molar-refractivity contribution in [2.45, 2.75) is 44.0 Å². The van der Waals surface area contributed by atoms with Gasteiger partial charge in [-0.05, 0) is 13.8 Å². The summed E-state index contributed by atoms with van der Waals surface area (Å²) in [7, 11) is 0. The Morgan fingerprint density at radius 1 is 1.60 bits per heavy atom. The number of nitrogens with zero attached hydrogens (tertiary/aromatic N) is 1. The Morgan fingerprint density at radius 3 is 2.45 bits per heavy atom. The molecule has 3 N–H and O–H groups in total. The summed E-state index contributed by atoms with van der Waals surface area (Å²) in [6.45, 7) is 3.82. The van der Waals surface area contributed by atoms with E-state index in [0.717, 1.165) is 4.90 Å². The van der Waals surface area contributed by atoms with Crippen LogP contribution in [0.4, 0.5) is 0 Å². The summed E-state index contributed by atoms with van der Waals surface area (Å²) in [4.78, 5) is 35.1. The van der Waals surface area contributed by atoms with Crippen LogP contribution in [0.3, 0.4) is 0 Å². The second-order valence-corrected chi connectivity index (χ2v) is 6.50. The fraction of sp³-hybridized carbons (Fsp3) is 0.727. The van der Waals surface area contributed by atoms with Gasteiger partial charge in [-0.3, -0.25) is 9.59 Å². The number of carboxylic acids is 1. The number of β-lactam (4-membered cyclic amide) rings is 1. The van der Waals surface area contributed by atoms with Gasteiger partial charge in [-0.2, -0.15) is 0 Å². The van der Waals surface area contributed by atoms with E-state index in [0.29, 0.717) is 0 Å². The summed E-state index contributed by atoms with van der Waals surface area (Å²) in [6.07, 6.45) is 0.206. The first kappa shape index (κ1) is 16.6. The van der Waals surface area contributed by atoms with Gasteiger partial charge >= 0.3 is 5.97 Å². The molecule has 1 aliphatic rings. The van der Waals surface area contributed by atoms with Gasteiger partial charge in [0.25, 0.3) is 0 Å². The van der Waals surface area contributed by atoms with E-state index >= 15 is 0 Å². The van der Waals surface area contributed by atoms with Crippen LogP contribution in [0.1, 0.15) is 27.2 Å². The lowest BCUT2D eigenvalue weighted by atomic mass is 9.91. The van der Waals surface area contributed by atoms with Crippen LogP contribution in [0.25, 0.3) is 0 Å². The smallest absolute Gasteiger partial charge is 0.328 e. The zero-order valence-electron chi connectivity index (χ0n) is 11.5. The molecule has 1 saturated heterocycles.